The van der Waals surface area contributed by atoms with Crippen LogP contribution in [-0.2, 0) is 9.59 Å². The Morgan fingerprint density at radius 2 is 1.03 bits per heavy atom. The zero-order valence-electron chi connectivity index (χ0n) is 25.7. The van der Waals surface area contributed by atoms with Crippen molar-refractivity contribution in [2.75, 3.05) is 12.0 Å². The smallest absolute Gasteiger partial charge is 0.0582 e. The van der Waals surface area contributed by atoms with Crippen molar-refractivity contribution in [3.63, 3.8) is 0 Å². The predicted molar refractivity (Wildman–Crippen MR) is 166 cm³/mol. The third-order valence-corrected chi connectivity index (χ3v) is 11.0. The Morgan fingerprint density at radius 1 is 0.658 bits per heavy atom. The van der Waals surface area contributed by atoms with Gasteiger partial charge in [0.15, 0.2) is 0 Å². The molecule has 0 saturated heterocycles. The van der Waals surface area contributed by atoms with Crippen LogP contribution in [0.1, 0.15) is 156 Å². The normalized spacial score (nSPS) is 11.0. The van der Waals surface area contributed by atoms with E-state index in [1.54, 1.807) is 20.6 Å². The number of carboxylic acids is 2. The first-order valence-corrected chi connectivity index (χ1v) is 21.2. The van der Waals surface area contributed by atoms with Gasteiger partial charge in [-0.25, -0.2) is 0 Å². The fourth-order valence-corrected chi connectivity index (χ4v) is 8.38. The van der Waals surface area contributed by atoms with Crippen LogP contribution in [0.2, 0.25) is 8.87 Å². The first-order chi connectivity index (χ1) is 18.4. The number of carbonyl (C=O) groups excluding carboxylic acids is 2. The van der Waals surface area contributed by atoms with E-state index in [-0.39, 0.29) is 27.6 Å². The van der Waals surface area contributed by atoms with Crippen LogP contribution in [0, 0.1) is 0 Å². The molecular weight excluding hydrogens is 601 g/mol. The Morgan fingerprint density at radius 3 is 1.34 bits per heavy atom. The standard InChI is InChI=1S/C18H36O2.C5H11NO2S.2C4H9.Sn/c1-2-3-4-5-6-7-8-9-10-11-12-13-14-15-16-17-18(19)20;1-9-3-2-4(6)5(7)8;2*1-3-4-2;/h2-17H2,1H3,(H,19,20);4H,2-3,6H2,1H3,(H,7,8);2*1,3-4H2,2H3;/q;;;;+2/p-2/t;4-;;;/m.0.../s1. The van der Waals surface area contributed by atoms with Gasteiger partial charge in [0, 0.05) is 12.0 Å². The summed E-state index contributed by atoms with van der Waals surface area (Å²) in [4.78, 5) is 20.2. The second kappa shape index (κ2) is 39.2. The minimum Gasteiger partial charge on any atom is -0.548 e. The van der Waals surface area contributed by atoms with E-state index in [9.17, 15) is 19.8 Å². The molecule has 0 spiro atoms. The summed E-state index contributed by atoms with van der Waals surface area (Å²) in [5.74, 6) is -1.29. The molecule has 0 rings (SSSR count). The SMILES string of the molecule is CCCCCCCCCCCCCCCCCC(=O)[O-].CCC[CH2][Sn+2][CH2]CCC.CSCC[C@H](N)C(=O)[O-]. The molecule has 0 aliphatic heterocycles. The fraction of sp³-hybridized carbons (Fsp3) is 0.935. The Labute approximate surface area is 251 Å². The first-order valence-electron chi connectivity index (χ1n) is 15.7. The van der Waals surface area contributed by atoms with E-state index in [0.717, 1.165) is 18.6 Å². The molecule has 0 radical (unpaired) electrons. The van der Waals surface area contributed by atoms with Crippen molar-refractivity contribution in [1.82, 2.24) is 0 Å². The van der Waals surface area contributed by atoms with Crippen molar-refractivity contribution in [3.8, 4) is 0 Å². The Bertz CT molecular complexity index is 463. The van der Waals surface area contributed by atoms with Crippen molar-refractivity contribution < 1.29 is 19.8 Å². The van der Waals surface area contributed by atoms with E-state index < -0.39 is 18.0 Å². The number of aliphatic carboxylic acids is 2. The number of hydrogen-bond acceptors (Lipinski definition) is 6. The third-order valence-electron chi connectivity index (χ3n) is 6.33. The zero-order chi connectivity index (χ0) is 29.1. The number of unbranched alkanes of at least 4 members (excludes halogenated alkanes) is 16. The number of carboxylic acid groups (broad SMARTS) is 2. The van der Waals surface area contributed by atoms with Crippen molar-refractivity contribution in [2.45, 2.75) is 171 Å². The van der Waals surface area contributed by atoms with E-state index >= 15 is 0 Å². The van der Waals surface area contributed by atoms with Gasteiger partial charge in [-0.3, -0.25) is 0 Å². The van der Waals surface area contributed by atoms with Crippen LogP contribution in [0.15, 0.2) is 0 Å². The quantitative estimate of drug-likeness (QED) is 0.0794. The predicted octanol–water partition coefficient (Wildman–Crippen LogP) is 6.94. The van der Waals surface area contributed by atoms with E-state index in [0.29, 0.717) is 6.42 Å². The van der Waals surface area contributed by atoms with E-state index in [2.05, 4.69) is 20.8 Å². The molecule has 0 fully saturated rings. The molecule has 0 unspecified atom stereocenters. The van der Waals surface area contributed by atoms with E-state index in [1.165, 1.54) is 109 Å². The van der Waals surface area contributed by atoms with Gasteiger partial charge in [-0.05, 0) is 31.3 Å². The van der Waals surface area contributed by atoms with Gasteiger partial charge in [-0.1, -0.05) is 96.8 Å². The van der Waals surface area contributed by atoms with Gasteiger partial charge in [-0.15, -0.1) is 0 Å². The van der Waals surface area contributed by atoms with Gasteiger partial charge < -0.3 is 25.5 Å². The van der Waals surface area contributed by atoms with Crippen molar-refractivity contribution in [1.29, 1.82) is 0 Å². The molecule has 5 nitrogen and oxygen atoms in total. The van der Waals surface area contributed by atoms with Crippen LogP contribution in [0.3, 0.4) is 0 Å². The summed E-state index contributed by atoms with van der Waals surface area (Å²) in [5, 5.41) is 20.2. The maximum Gasteiger partial charge on any atom is 0.0582 e. The van der Waals surface area contributed by atoms with Gasteiger partial charge in [0.05, 0.1) is 5.97 Å². The maximum atomic E-state index is 10.2. The maximum absolute atomic E-state index is 10.2. The van der Waals surface area contributed by atoms with Crippen molar-refractivity contribution in [2.24, 2.45) is 5.73 Å². The molecule has 0 aromatic rings. The van der Waals surface area contributed by atoms with E-state index in [4.69, 9.17) is 5.73 Å². The minimum absolute atomic E-state index is 0.149. The summed E-state index contributed by atoms with van der Waals surface area (Å²) in [7, 11) is 0. The molecule has 1 atom stereocenters. The molecule has 2 N–H and O–H groups in total. The molecule has 0 aromatic carbocycles. The summed E-state index contributed by atoms with van der Waals surface area (Å²) in [6.07, 6.45) is 28.1. The molecule has 38 heavy (non-hydrogen) atoms. The van der Waals surface area contributed by atoms with Crippen molar-refractivity contribution >= 4 is 44.8 Å². The fourth-order valence-electron chi connectivity index (χ4n) is 3.73. The van der Waals surface area contributed by atoms with Crippen molar-refractivity contribution in [3.05, 3.63) is 0 Å². The second-order valence-electron chi connectivity index (χ2n) is 10.2. The topological polar surface area (TPSA) is 106 Å². The van der Waals surface area contributed by atoms with Gasteiger partial charge in [0.2, 0.25) is 0 Å². The number of thioether (sulfide) groups is 1. The molecule has 0 bridgehead atoms. The van der Waals surface area contributed by atoms with Crippen LogP contribution in [0.25, 0.3) is 0 Å². The Kier molecular flexibility index (Phi) is 43.8. The Balaban J connectivity index is -0.000000563. The summed E-state index contributed by atoms with van der Waals surface area (Å²) < 4.78 is 3.25. The summed E-state index contributed by atoms with van der Waals surface area (Å²) in [6.45, 7) is 6.85. The molecule has 0 saturated carbocycles. The summed E-state index contributed by atoms with van der Waals surface area (Å²) >= 11 is 1.73. The second-order valence-corrected chi connectivity index (χ2v) is 15.5. The molecule has 0 aliphatic carbocycles. The van der Waals surface area contributed by atoms with Crippen LogP contribution in [0.4, 0.5) is 0 Å². The Hall–Kier alpha value is 0.0487. The van der Waals surface area contributed by atoms with Crippen LogP contribution >= 0.6 is 11.8 Å². The van der Waals surface area contributed by atoms with Gasteiger partial charge in [0.1, 0.15) is 0 Å². The number of nitrogens with two attached hydrogens (primary N) is 1. The molecule has 7 heteroatoms. The molecule has 226 valence electrons. The minimum atomic E-state index is -1.16. The van der Waals surface area contributed by atoms with Gasteiger partial charge in [-0.2, -0.15) is 11.8 Å². The van der Waals surface area contributed by atoms with Gasteiger partial charge in [0.25, 0.3) is 0 Å². The first kappa shape index (κ1) is 42.5. The molecule has 0 amide bonds. The number of hydrogen-bond donors (Lipinski definition) is 1. The van der Waals surface area contributed by atoms with Gasteiger partial charge >= 0.3 is 69.5 Å². The summed E-state index contributed by atoms with van der Waals surface area (Å²) in [5.41, 5.74) is 5.13. The third kappa shape index (κ3) is 45.9. The number of carbonyl (C=O) groups is 2. The average Bonchev–Trinajstić information content (AvgIpc) is 2.90. The van der Waals surface area contributed by atoms with E-state index in [1.807, 2.05) is 6.26 Å². The van der Waals surface area contributed by atoms with Crippen LogP contribution in [0.5, 0.6) is 0 Å². The molecule has 0 heterocycles. The molecule has 0 aliphatic rings. The molecule has 0 aromatic heterocycles. The molecular formula is C31H63NO4SSn. The monoisotopic (exact) mass is 665 g/mol. The summed E-state index contributed by atoms with van der Waals surface area (Å²) in [6, 6.07) is -0.794. The zero-order valence-corrected chi connectivity index (χ0v) is 29.3. The largest absolute Gasteiger partial charge is 0.548 e. The van der Waals surface area contributed by atoms with Crippen LogP contribution < -0.4 is 15.9 Å². The van der Waals surface area contributed by atoms with Crippen LogP contribution in [-0.4, -0.2) is 51.1 Å². The average molecular weight is 665 g/mol. The number of rotatable bonds is 26.